The van der Waals surface area contributed by atoms with Crippen molar-refractivity contribution >= 4 is 11.7 Å². The zero-order chi connectivity index (χ0) is 16.5. The number of hydrogen-bond acceptors (Lipinski definition) is 1. The number of anilines is 1. The SMILES string of the molecule is NC(=O)N(Cc1ccccc1)c1cccc2c1Cc1ccccc1-2. The number of amides is 2. The third kappa shape index (κ3) is 2.44. The Morgan fingerprint density at radius 3 is 2.38 bits per heavy atom. The van der Waals surface area contributed by atoms with E-state index in [1.54, 1.807) is 4.90 Å². The lowest BCUT2D eigenvalue weighted by molar-refractivity contribution is 0.253. The van der Waals surface area contributed by atoms with E-state index in [1.165, 1.54) is 22.3 Å². The van der Waals surface area contributed by atoms with Gasteiger partial charge in [-0.25, -0.2) is 4.79 Å². The van der Waals surface area contributed by atoms with Gasteiger partial charge in [0.15, 0.2) is 0 Å². The minimum atomic E-state index is -0.428. The van der Waals surface area contributed by atoms with Crippen molar-refractivity contribution in [1.29, 1.82) is 0 Å². The smallest absolute Gasteiger partial charge is 0.319 e. The maximum atomic E-state index is 12.1. The number of hydrogen-bond donors (Lipinski definition) is 1. The summed E-state index contributed by atoms with van der Waals surface area (Å²) >= 11 is 0. The molecule has 0 saturated carbocycles. The summed E-state index contributed by atoms with van der Waals surface area (Å²) in [5, 5.41) is 0. The largest absolute Gasteiger partial charge is 0.351 e. The number of carbonyl (C=O) groups is 1. The molecule has 0 spiro atoms. The van der Waals surface area contributed by atoms with Crippen LogP contribution in [0.15, 0.2) is 72.8 Å². The van der Waals surface area contributed by atoms with Crippen molar-refractivity contribution in [2.45, 2.75) is 13.0 Å². The molecule has 3 aromatic rings. The average Bonchev–Trinajstić information content (AvgIpc) is 2.99. The summed E-state index contributed by atoms with van der Waals surface area (Å²) in [5.74, 6) is 0. The molecule has 0 bridgehead atoms. The minimum absolute atomic E-state index is 0.428. The first kappa shape index (κ1) is 14.5. The number of rotatable bonds is 3. The molecule has 0 aromatic heterocycles. The van der Waals surface area contributed by atoms with E-state index in [0.29, 0.717) is 6.54 Å². The van der Waals surface area contributed by atoms with E-state index >= 15 is 0 Å². The summed E-state index contributed by atoms with van der Waals surface area (Å²) in [7, 11) is 0. The highest BCUT2D eigenvalue weighted by atomic mass is 16.2. The molecule has 1 aliphatic carbocycles. The fourth-order valence-corrected chi connectivity index (χ4v) is 3.44. The molecule has 0 fully saturated rings. The first-order valence-corrected chi connectivity index (χ1v) is 8.05. The van der Waals surface area contributed by atoms with Crippen LogP contribution < -0.4 is 10.6 Å². The number of nitrogens with two attached hydrogens (primary N) is 1. The van der Waals surface area contributed by atoms with Gasteiger partial charge in [0, 0.05) is 12.1 Å². The second kappa shape index (κ2) is 5.85. The van der Waals surface area contributed by atoms with Crippen LogP contribution in [0, 0.1) is 0 Å². The normalized spacial score (nSPS) is 11.7. The molecule has 0 radical (unpaired) electrons. The first-order valence-electron chi connectivity index (χ1n) is 8.05. The number of urea groups is 1. The van der Waals surface area contributed by atoms with E-state index < -0.39 is 6.03 Å². The second-order valence-corrected chi connectivity index (χ2v) is 6.05. The van der Waals surface area contributed by atoms with Gasteiger partial charge >= 0.3 is 6.03 Å². The Bertz CT molecular complexity index is 903. The van der Waals surface area contributed by atoms with Gasteiger partial charge in [0.1, 0.15) is 0 Å². The Morgan fingerprint density at radius 1 is 0.875 bits per heavy atom. The first-order chi connectivity index (χ1) is 11.7. The molecule has 24 heavy (non-hydrogen) atoms. The van der Waals surface area contributed by atoms with Gasteiger partial charge in [-0.2, -0.15) is 0 Å². The van der Waals surface area contributed by atoms with Gasteiger partial charge in [0.2, 0.25) is 0 Å². The van der Waals surface area contributed by atoms with E-state index in [1.807, 2.05) is 42.5 Å². The molecule has 3 nitrogen and oxygen atoms in total. The Hall–Kier alpha value is -3.07. The lowest BCUT2D eigenvalue weighted by Crippen LogP contribution is -2.35. The van der Waals surface area contributed by atoms with Crippen LogP contribution in [-0.4, -0.2) is 6.03 Å². The van der Waals surface area contributed by atoms with Gasteiger partial charge in [-0.3, -0.25) is 4.90 Å². The summed E-state index contributed by atoms with van der Waals surface area (Å²) in [6, 6.07) is 24.0. The molecule has 2 amide bonds. The lowest BCUT2D eigenvalue weighted by atomic mass is 10.0. The van der Waals surface area contributed by atoms with Gasteiger partial charge in [0.25, 0.3) is 0 Å². The number of carbonyl (C=O) groups excluding carboxylic acids is 1. The highest BCUT2D eigenvalue weighted by Gasteiger charge is 2.24. The van der Waals surface area contributed by atoms with Gasteiger partial charge in [-0.15, -0.1) is 0 Å². The van der Waals surface area contributed by atoms with Crippen LogP contribution in [0.25, 0.3) is 11.1 Å². The fraction of sp³-hybridized carbons (Fsp3) is 0.0952. The van der Waals surface area contributed by atoms with Gasteiger partial charge in [-0.05, 0) is 33.9 Å². The van der Waals surface area contributed by atoms with Crippen molar-refractivity contribution in [3.8, 4) is 11.1 Å². The van der Waals surface area contributed by atoms with Crippen molar-refractivity contribution in [2.24, 2.45) is 5.73 Å². The monoisotopic (exact) mass is 314 g/mol. The molecule has 0 saturated heterocycles. The van der Waals surface area contributed by atoms with Crippen LogP contribution in [0.4, 0.5) is 10.5 Å². The second-order valence-electron chi connectivity index (χ2n) is 6.05. The highest BCUT2D eigenvalue weighted by Crippen LogP contribution is 2.41. The summed E-state index contributed by atoms with van der Waals surface area (Å²) < 4.78 is 0. The predicted molar refractivity (Wildman–Crippen MR) is 96.9 cm³/mol. The maximum Gasteiger partial charge on any atom is 0.319 e. The average molecular weight is 314 g/mol. The number of nitrogens with zero attached hydrogens (tertiary/aromatic N) is 1. The quantitative estimate of drug-likeness (QED) is 0.600. The van der Waals surface area contributed by atoms with Crippen molar-refractivity contribution in [1.82, 2.24) is 0 Å². The molecule has 0 atom stereocenters. The van der Waals surface area contributed by atoms with Crippen molar-refractivity contribution in [3.05, 3.63) is 89.5 Å². The van der Waals surface area contributed by atoms with Gasteiger partial charge in [0.05, 0.1) is 6.54 Å². The highest BCUT2D eigenvalue weighted by molar-refractivity contribution is 5.94. The van der Waals surface area contributed by atoms with Gasteiger partial charge < -0.3 is 5.73 Å². The van der Waals surface area contributed by atoms with Crippen molar-refractivity contribution in [2.75, 3.05) is 4.90 Å². The molecular weight excluding hydrogens is 296 g/mol. The van der Waals surface area contributed by atoms with Crippen molar-refractivity contribution in [3.63, 3.8) is 0 Å². The number of primary amides is 1. The Balaban J connectivity index is 1.77. The van der Waals surface area contributed by atoms with Gasteiger partial charge in [-0.1, -0.05) is 66.7 Å². The fourth-order valence-electron chi connectivity index (χ4n) is 3.44. The summed E-state index contributed by atoms with van der Waals surface area (Å²) in [4.78, 5) is 13.8. The van der Waals surface area contributed by atoms with E-state index in [0.717, 1.165) is 17.7 Å². The molecule has 3 heteroatoms. The molecule has 0 aliphatic heterocycles. The van der Waals surface area contributed by atoms with E-state index in [-0.39, 0.29) is 0 Å². The molecule has 4 rings (SSSR count). The zero-order valence-corrected chi connectivity index (χ0v) is 13.3. The van der Waals surface area contributed by atoms with Crippen LogP contribution in [0.3, 0.4) is 0 Å². The molecule has 0 heterocycles. The summed E-state index contributed by atoms with van der Waals surface area (Å²) in [6.07, 6.45) is 0.834. The zero-order valence-electron chi connectivity index (χ0n) is 13.3. The molecule has 3 aromatic carbocycles. The standard InChI is InChI=1S/C21H18N2O/c22-21(24)23(14-15-7-2-1-3-8-15)20-12-6-11-18-17-10-5-4-9-16(17)13-19(18)20/h1-12H,13-14H2,(H2,22,24). The lowest BCUT2D eigenvalue weighted by Gasteiger charge is -2.23. The summed E-state index contributed by atoms with van der Waals surface area (Å²) in [5.41, 5.74) is 12.6. The third-order valence-electron chi connectivity index (χ3n) is 4.57. The van der Waals surface area contributed by atoms with Crippen LogP contribution in [0.2, 0.25) is 0 Å². The molecule has 1 aliphatic rings. The molecule has 2 N–H and O–H groups in total. The predicted octanol–water partition coefficient (Wildman–Crippen LogP) is 4.34. The topological polar surface area (TPSA) is 46.3 Å². The van der Waals surface area contributed by atoms with Crippen LogP contribution in [0.5, 0.6) is 0 Å². The minimum Gasteiger partial charge on any atom is -0.351 e. The summed E-state index contributed by atoms with van der Waals surface area (Å²) in [6.45, 7) is 0.475. The Labute approximate surface area is 141 Å². The van der Waals surface area contributed by atoms with Crippen molar-refractivity contribution < 1.29 is 4.79 Å². The Morgan fingerprint density at radius 2 is 1.58 bits per heavy atom. The number of fused-ring (bicyclic) bond motifs is 3. The van der Waals surface area contributed by atoms with Crippen LogP contribution in [-0.2, 0) is 13.0 Å². The third-order valence-corrected chi connectivity index (χ3v) is 4.57. The maximum absolute atomic E-state index is 12.1. The van der Waals surface area contributed by atoms with Crippen LogP contribution >= 0.6 is 0 Å². The number of benzene rings is 3. The van der Waals surface area contributed by atoms with E-state index in [9.17, 15) is 4.79 Å². The van der Waals surface area contributed by atoms with Crippen LogP contribution in [0.1, 0.15) is 16.7 Å². The Kier molecular flexibility index (Phi) is 3.54. The molecular formula is C21H18N2O. The molecule has 0 unspecified atom stereocenters. The van der Waals surface area contributed by atoms with E-state index in [2.05, 4.69) is 30.3 Å². The van der Waals surface area contributed by atoms with E-state index in [4.69, 9.17) is 5.73 Å². The molecule has 118 valence electrons.